The molecule has 0 N–H and O–H groups in total. The van der Waals surface area contributed by atoms with Gasteiger partial charge in [-0.3, -0.25) is 0 Å². The van der Waals surface area contributed by atoms with E-state index in [4.69, 9.17) is 9.47 Å². The standard InChI is InChI=1S/C19H30O3/c1-3-5-6-7-8-9-14-21-15-16-22-19(20)18-12-10-17(4-2)11-13-18/h10-13H,3-9,14-16H2,1-2H3. The molecule has 3 nitrogen and oxygen atoms in total. The van der Waals surface area contributed by atoms with Crippen molar-refractivity contribution in [3.63, 3.8) is 0 Å². The summed E-state index contributed by atoms with van der Waals surface area (Å²) < 4.78 is 10.7. The van der Waals surface area contributed by atoms with Crippen LogP contribution in [0.15, 0.2) is 24.3 Å². The van der Waals surface area contributed by atoms with Crippen molar-refractivity contribution >= 4 is 5.97 Å². The summed E-state index contributed by atoms with van der Waals surface area (Å²) in [6.07, 6.45) is 8.52. The molecule has 0 heterocycles. The van der Waals surface area contributed by atoms with Gasteiger partial charge in [-0.1, -0.05) is 58.1 Å². The molecule has 124 valence electrons. The zero-order valence-corrected chi connectivity index (χ0v) is 14.1. The van der Waals surface area contributed by atoms with Crippen LogP contribution < -0.4 is 0 Å². The van der Waals surface area contributed by atoms with Gasteiger partial charge in [0.15, 0.2) is 0 Å². The Bertz CT molecular complexity index is 398. The van der Waals surface area contributed by atoms with E-state index in [0.717, 1.165) is 19.4 Å². The normalized spacial score (nSPS) is 10.6. The highest BCUT2D eigenvalue weighted by Crippen LogP contribution is 2.07. The maximum atomic E-state index is 11.8. The number of esters is 1. The summed E-state index contributed by atoms with van der Waals surface area (Å²) in [6, 6.07) is 7.56. The Labute approximate surface area is 135 Å². The number of carbonyl (C=O) groups excluding carboxylic acids is 1. The zero-order chi connectivity index (χ0) is 16.0. The molecule has 1 aromatic carbocycles. The Morgan fingerprint density at radius 2 is 1.55 bits per heavy atom. The van der Waals surface area contributed by atoms with Gasteiger partial charge in [0, 0.05) is 6.61 Å². The van der Waals surface area contributed by atoms with Gasteiger partial charge in [0.1, 0.15) is 6.61 Å². The van der Waals surface area contributed by atoms with Crippen LogP contribution in [0.5, 0.6) is 0 Å². The first-order valence-electron chi connectivity index (χ1n) is 8.61. The van der Waals surface area contributed by atoms with Crippen molar-refractivity contribution in [2.45, 2.75) is 58.8 Å². The molecule has 0 fully saturated rings. The van der Waals surface area contributed by atoms with Crippen LogP contribution in [0.1, 0.15) is 68.3 Å². The highest BCUT2D eigenvalue weighted by Gasteiger charge is 2.06. The largest absolute Gasteiger partial charge is 0.460 e. The summed E-state index contributed by atoms with van der Waals surface area (Å²) in [7, 11) is 0. The molecule has 22 heavy (non-hydrogen) atoms. The molecule has 1 aromatic rings. The number of carbonyl (C=O) groups is 1. The Morgan fingerprint density at radius 3 is 2.23 bits per heavy atom. The minimum atomic E-state index is -0.272. The van der Waals surface area contributed by atoms with E-state index in [9.17, 15) is 4.79 Å². The lowest BCUT2D eigenvalue weighted by Crippen LogP contribution is -2.11. The summed E-state index contributed by atoms with van der Waals surface area (Å²) in [5.41, 5.74) is 1.83. The van der Waals surface area contributed by atoms with Crippen LogP contribution in [0.25, 0.3) is 0 Å². The third kappa shape index (κ3) is 8.18. The van der Waals surface area contributed by atoms with Gasteiger partial charge >= 0.3 is 5.97 Å². The monoisotopic (exact) mass is 306 g/mol. The van der Waals surface area contributed by atoms with E-state index >= 15 is 0 Å². The Morgan fingerprint density at radius 1 is 0.864 bits per heavy atom. The Kier molecular flexibility index (Phi) is 10.4. The van der Waals surface area contributed by atoms with Crippen LogP contribution >= 0.6 is 0 Å². The summed E-state index contributed by atoms with van der Waals surface area (Å²) >= 11 is 0. The minimum absolute atomic E-state index is 0.272. The molecule has 1 rings (SSSR count). The van der Waals surface area contributed by atoms with Crippen LogP contribution in [-0.2, 0) is 15.9 Å². The number of benzene rings is 1. The van der Waals surface area contributed by atoms with Crippen LogP contribution in [-0.4, -0.2) is 25.8 Å². The topological polar surface area (TPSA) is 35.5 Å². The van der Waals surface area contributed by atoms with Gasteiger partial charge in [-0.05, 0) is 30.5 Å². The predicted octanol–water partition coefficient (Wildman–Crippen LogP) is 4.78. The average Bonchev–Trinajstić information content (AvgIpc) is 2.56. The molecule has 0 bridgehead atoms. The lowest BCUT2D eigenvalue weighted by Gasteiger charge is -2.07. The lowest BCUT2D eigenvalue weighted by atomic mass is 10.1. The summed E-state index contributed by atoms with van der Waals surface area (Å²) in [5.74, 6) is -0.272. The fourth-order valence-corrected chi connectivity index (χ4v) is 2.24. The van der Waals surface area contributed by atoms with E-state index in [1.165, 1.54) is 37.7 Å². The van der Waals surface area contributed by atoms with Crippen molar-refractivity contribution in [2.24, 2.45) is 0 Å². The van der Waals surface area contributed by atoms with E-state index in [1.807, 2.05) is 24.3 Å². The first-order chi connectivity index (χ1) is 10.8. The van der Waals surface area contributed by atoms with Gasteiger partial charge in [0.25, 0.3) is 0 Å². The second kappa shape index (κ2) is 12.2. The van der Waals surface area contributed by atoms with Crippen LogP contribution in [0.3, 0.4) is 0 Å². The second-order valence-electron chi connectivity index (χ2n) is 5.57. The smallest absolute Gasteiger partial charge is 0.338 e. The van der Waals surface area contributed by atoms with Crippen molar-refractivity contribution in [1.82, 2.24) is 0 Å². The fourth-order valence-electron chi connectivity index (χ4n) is 2.24. The molecular weight excluding hydrogens is 276 g/mol. The number of rotatable bonds is 12. The van der Waals surface area contributed by atoms with E-state index in [2.05, 4.69) is 13.8 Å². The van der Waals surface area contributed by atoms with Crippen molar-refractivity contribution < 1.29 is 14.3 Å². The number of hydrogen-bond donors (Lipinski definition) is 0. The SMILES string of the molecule is CCCCCCCCOCCOC(=O)c1ccc(CC)cc1. The Balaban J connectivity index is 2.00. The quantitative estimate of drug-likeness (QED) is 0.412. The molecule has 0 aromatic heterocycles. The van der Waals surface area contributed by atoms with Gasteiger partial charge < -0.3 is 9.47 Å². The van der Waals surface area contributed by atoms with Crippen molar-refractivity contribution in [2.75, 3.05) is 19.8 Å². The van der Waals surface area contributed by atoms with E-state index < -0.39 is 0 Å². The maximum absolute atomic E-state index is 11.8. The van der Waals surface area contributed by atoms with Crippen molar-refractivity contribution in [1.29, 1.82) is 0 Å². The highest BCUT2D eigenvalue weighted by atomic mass is 16.6. The fraction of sp³-hybridized carbons (Fsp3) is 0.632. The van der Waals surface area contributed by atoms with Gasteiger partial charge in [0.05, 0.1) is 12.2 Å². The molecule has 0 atom stereocenters. The van der Waals surface area contributed by atoms with Crippen molar-refractivity contribution in [3.05, 3.63) is 35.4 Å². The van der Waals surface area contributed by atoms with Crippen molar-refractivity contribution in [3.8, 4) is 0 Å². The molecule has 0 amide bonds. The zero-order valence-electron chi connectivity index (χ0n) is 14.1. The Hall–Kier alpha value is -1.35. The summed E-state index contributed by atoms with van der Waals surface area (Å²) in [6.45, 7) is 5.88. The first-order valence-corrected chi connectivity index (χ1v) is 8.61. The molecule has 0 unspecified atom stereocenters. The number of unbranched alkanes of at least 4 members (excludes halogenated alkanes) is 5. The number of ether oxygens (including phenoxy) is 2. The molecule has 0 radical (unpaired) electrons. The van der Waals surface area contributed by atoms with Crippen LogP contribution in [0, 0.1) is 0 Å². The molecule has 0 aliphatic rings. The summed E-state index contributed by atoms with van der Waals surface area (Å²) in [4.78, 5) is 11.8. The third-order valence-corrected chi connectivity index (χ3v) is 3.70. The number of aryl methyl sites for hydroxylation is 1. The predicted molar refractivity (Wildman–Crippen MR) is 90.3 cm³/mol. The third-order valence-electron chi connectivity index (χ3n) is 3.70. The molecule has 0 aliphatic heterocycles. The summed E-state index contributed by atoms with van der Waals surface area (Å²) in [5, 5.41) is 0. The molecule has 3 heteroatoms. The van der Waals surface area contributed by atoms with Crippen LogP contribution in [0.4, 0.5) is 0 Å². The molecular formula is C19H30O3. The van der Waals surface area contributed by atoms with E-state index in [1.54, 1.807) is 0 Å². The van der Waals surface area contributed by atoms with Gasteiger partial charge in [-0.2, -0.15) is 0 Å². The van der Waals surface area contributed by atoms with E-state index in [-0.39, 0.29) is 5.97 Å². The molecule has 0 saturated carbocycles. The first kappa shape index (κ1) is 18.7. The lowest BCUT2D eigenvalue weighted by molar-refractivity contribution is 0.0312. The van der Waals surface area contributed by atoms with Gasteiger partial charge in [0.2, 0.25) is 0 Å². The molecule has 0 saturated heterocycles. The highest BCUT2D eigenvalue weighted by molar-refractivity contribution is 5.89. The number of hydrogen-bond acceptors (Lipinski definition) is 3. The second-order valence-corrected chi connectivity index (χ2v) is 5.57. The minimum Gasteiger partial charge on any atom is -0.460 e. The van der Waals surface area contributed by atoms with Gasteiger partial charge in [-0.15, -0.1) is 0 Å². The molecule has 0 aliphatic carbocycles. The average molecular weight is 306 g/mol. The van der Waals surface area contributed by atoms with E-state index in [0.29, 0.717) is 18.8 Å². The maximum Gasteiger partial charge on any atom is 0.338 e. The molecule has 0 spiro atoms. The van der Waals surface area contributed by atoms with Gasteiger partial charge in [-0.25, -0.2) is 4.79 Å². The van der Waals surface area contributed by atoms with Crippen LogP contribution in [0.2, 0.25) is 0 Å².